The molecule has 3 atom stereocenters. The molecule has 2 aliphatic carbocycles. The highest BCUT2D eigenvalue weighted by Gasteiger charge is 2.32. The first-order chi connectivity index (χ1) is 12.2. The van der Waals surface area contributed by atoms with Gasteiger partial charge in [0.05, 0.1) is 0 Å². The van der Waals surface area contributed by atoms with Crippen LogP contribution in [0.15, 0.2) is 4.99 Å². The van der Waals surface area contributed by atoms with E-state index in [1.54, 1.807) is 0 Å². The number of likely N-dealkylation sites (tertiary alicyclic amines) is 1. The zero-order valence-corrected chi connectivity index (χ0v) is 16.1. The number of nitrogens with zero attached hydrogens (tertiary/aromatic N) is 2. The molecule has 0 spiro atoms. The van der Waals surface area contributed by atoms with Crippen molar-refractivity contribution in [2.45, 2.75) is 70.8 Å². The minimum atomic E-state index is 0.296. The predicted molar refractivity (Wildman–Crippen MR) is 103 cm³/mol. The minimum absolute atomic E-state index is 0.296. The summed E-state index contributed by atoms with van der Waals surface area (Å²) in [6.45, 7) is 5.11. The second-order valence-electron chi connectivity index (χ2n) is 8.49. The standard InChI is InChI=1S/C20H36N4O/c1-15-6-5-7-16(12-15)13-22-20(21-2)23-18-10-11-24(14-18)19(25)17-8-3-4-9-17/h15-18H,3-14H2,1-2H3,(H2,21,22,23). The summed E-state index contributed by atoms with van der Waals surface area (Å²) in [5.41, 5.74) is 0. The Morgan fingerprint density at radius 1 is 1.12 bits per heavy atom. The van der Waals surface area contributed by atoms with Crippen LogP contribution < -0.4 is 10.6 Å². The van der Waals surface area contributed by atoms with Gasteiger partial charge in [-0.05, 0) is 43.9 Å². The first-order valence-electron chi connectivity index (χ1n) is 10.4. The van der Waals surface area contributed by atoms with Gasteiger partial charge in [-0.1, -0.05) is 32.6 Å². The number of guanidine groups is 1. The average Bonchev–Trinajstić information content (AvgIpc) is 3.30. The number of carbonyl (C=O) groups is 1. The Morgan fingerprint density at radius 3 is 2.64 bits per heavy atom. The highest BCUT2D eigenvalue weighted by Crippen LogP contribution is 2.28. The maximum atomic E-state index is 12.6. The molecule has 142 valence electrons. The van der Waals surface area contributed by atoms with Crippen LogP contribution in [0.25, 0.3) is 0 Å². The zero-order chi connectivity index (χ0) is 17.6. The molecule has 3 unspecified atom stereocenters. The van der Waals surface area contributed by atoms with E-state index in [2.05, 4.69) is 27.4 Å². The van der Waals surface area contributed by atoms with Crippen LogP contribution in [0.2, 0.25) is 0 Å². The van der Waals surface area contributed by atoms with Crippen molar-refractivity contribution >= 4 is 11.9 Å². The van der Waals surface area contributed by atoms with Gasteiger partial charge in [-0.25, -0.2) is 0 Å². The first kappa shape index (κ1) is 18.5. The maximum absolute atomic E-state index is 12.6. The molecule has 2 N–H and O–H groups in total. The summed E-state index contributed by atoms with van der Waals surface area (Å²) in [4.78, 5) is 19.0. The molecule has 0 radical (unpaired) electrons. The summed E-state index contributed by atoms with van der Waals surface area (Å²) < 4.78 is 0. The van der Waals surface area contributed by atoms with E-state index >= 15 is 0 Å². The van der Waals surface area contributed by atoms with Crippen LogP contribution in [0.3, 0.4) is 0 Å². The number of hydrogen-bond donors (Lipinski definition) is 2. The summed E-state index contributed by atoms with van der Waals surface area (Å²) in [6.07, 6.45) is 11.1. The smallest absolute Gasteiger partial charge is 0.225 e. The van der Waals surface area contributed by atoms with Crippen molar-refractivity contribution in [1.29, 1.82) is 0 Å². The fraction of sp³-hybridized carbons (Fsp3) is 0.900. The Bertz CT molecular complexity index is 472. The lowest BCUT2D eigenvalue weighted by molar-refractivity contribution is -0.134. The third kappa shape index (κ3) is 5.11. The van der Waals surface area contributed by atoms with Crippen LogP contribution in [0, 0.1) is 17.8 Å². The molecule has 1 amide bonds. The zero-order valence-electron chi connectivity index (χ0n) is 16.1. The number of nitrogens with one attached hydrogen (secondary N) is 2. The Kier molecular flexibility index (Phi) is 6.60. The predicted octanol–water partition coefficient (Wildman–Crippen LogP) is 2.77. The van der Waals surface area contributed by atoms with E-state index in [0.717, 1.165) is 56.7 Å². The van der Waals surface area contributed by atoms with Crippen molar-refractivity contribution in [2.75, 3.05) is 26.7 Å². The van der Waals surface area contributed by atoms with E-state index in [1.165, 1.54) is 38.5 Å². The summed E-state index contributed by atoms with van der Waals surface area (Å²) in [5, 5.41) is 7.06. The van der Waals surface area contributed by atoms with E-state index in [9.17, 15) is 4.79 Å². The van der Waals surface area contributed by atoms with Crippen LogP contribution >= 0.6 is 0 Å². The lowest BCUT2D eigenvalue weighted by Crippen LogP contribution is -2.46. The molecular formula is C20H36N4O. The summed E-state index contributed by atoms with van der Waals surface area (Å²) in [6, 6.07) is 0.335. The van der Waals surface area contributed by atoms with Crippen molar-refractivity contribution in [3.63, 3.8) is 0 Å². The second kappa shape index (κ2) is 8.91. The van der Waals surface area contributed by atoms with Crippen LogP contribution in [-0.2, 0) is 4.79 Å². The monoisotopic (exact) mass is 348 g/mol. The van der Waals surface area contributed by atoms with Crippen molar-refractivity contribution < 1.29 is 4.79 Å². The lowest BCUT2D eigenvalue weighted by Gasteiger charge is -2.28. The van der Waals surface area contributed by atoms with Gasteiger partial charge in [-0.15, -0.1) is 0 Å². The Morgan fingerprint density at radius 2 is 1.92 bits per heavy atom. The molecule has 3 aliphatic rings. The fourth-order valence-corrected chi connectivity index (χ4v) is 4.88. The number of aliphatic imine (C=N–C) groups is 1. The molecule has 5 nitrogen and oxygen atoms in total. The molecule has 0 aromatic carbocycles. The highest BCUT2D eigenvalue weighted by molar-refractivity contribution is 5.81. The van der Waals surface area contributed by atoms with Gasteiger partial charge in [0.1, 0.15) is 0 Å². The number of carbonyl (C=O) groups excluding carboxylic acids is 1. The highest BCUT2D eigenvalue weighted by atomic mass is 16.2. The Hall–Kier alpha value is -1.26. The van der Waals surface area contributed by atoms with Crippen molar-refractivity contribution in [2.24, 2.45) is 22.7 Å². The molecule has 0 aromatic heterocycles. The number of amides is 1. The van der Waals surface area contributed by atoms with E-state index in [-0.39, 0.29) is 0 Å². The normalized spacial score (nSPS) is 31.4. The molecule has 5 heteroatoms. The Balaban J connectivity index is 1.41. The van der Waals surface area contributed by atoms with Gasteiger partial charge in [0.15, 0.2) is 5.96 Å². The quantitative estimate of drug-likeness (QED) is 0.607. The van der Waals surface area contributed by atoms with Crippen LogP contribution in [-0.4, -0.2) is 49.5 Å². The molecule has 0 aromatic rings. The number of hydrogen-bond acceptors (Lipinski definition) is 2. The molecule has 2 saturated carbocycles. The first-order valence-corrected chi connectivity index (χ1v) is 10.4. The van der Waals surface area contributed by atoms with Crippen molar-refractivity contribution in [3.8, 4) is 0 Å². The maximum Gasteiger partial charge on any atom is 0.225 e. The summed E-state index contributed by atoms with van der Waals surface area (Å²) in [7, 11) is 1.84. The topological polar surface area (TPSA) is 56.7 Å². The molecule has 3 fully saturated rings. The van der Waals surface area contributed by atoms with Gasteiger partial charge >= 0.3 is 0 Å². The van der Waals surface area contributed by atoms with E-state index in [1.807, 2.05) is 7.05 Å². The molecule has 25 heavy (non-hydrogen) atoms. The molecule has 0 bridgehead atoms. The summed E-state index contributed by atoms with van der Waals surface area (Å²) in [5.74, 6) is 3.22. The van der Waals surface area contributed by atoms with Gasteiger partial charge in [-0.3, -0.25) is 9.79 Å². The molecule has 3 rings (SSSR count). The third-order valence-electron chi connectivity index (χ3n) is 6.37. The van der Waals surface area contributed by atoms with Crippen LogP contribution in [0.1, 0.15) is 64.7 Å². The fourth-order valence-electron chi connectivity index (χ4n) is 4.88. The van der Waals surface area contributed by atoms with Gasteiger partial charge < -0.3 is 15.5 Å². The molecule has 1 aliphatic heterocycles. The average molecular weight is 349 g/mol. The van der Waals surface area contributed by atoms with E-state index < -0.39 is 0 Å². The molecule has 1 saturated heterocycles. The van der Waals surface area contributed by atoms with Gasteiger partial charge in [0.25, 0.3) is 0 Å². The molecule has 1 heterocycles. The van der Waals surface area contributed by atoms with Gasteiger partial charge in [0, 0.05) is 38.6 Å². The SMILES string of the molecule is CN=C(NCC1CCCC(C)C1)NC1CCN(C(=O)C2CCCC2)C1. The van der Waals surface area contributed by atoms with Gasteiger partial charge in [-0.2, -0.15) is 0 Å². The van der Waals surface area contributed by atoms with Crippen LogP contribution in [0.4, 0.5) is 0 Å². The third-order valence-corrected chi connectivity index (χ3v) is 6.37. The Labute approximate surface area is 153 Å². The van der Waals surface area contributed by atoms with E-state index in [0.29, 0.717) is 17.9 Å². The summed E-state index contributed by atoms with van der Waals surface area (Å²) >= 11 is 0. The lowest BCUT2D eigenvalue weighted by atomic mass is 9.82. The largest absolute Gasteiger partial charge is 0.356 e. The van der Waals surface area contributed by atoms with E-state index in [4.69, 9.17) is 0 Å². The van der Waals surface area contributed by atoms with Crippen molar-refractivity contribution in [3.05, 3.63) is 0 Å². The minimum Gasteiger partial charge on any atom is -0.356 e. The van der Waals surface area contributed by atoms with Crippen LogP contribution in [0.5, 0.6) is 0 Å². The van der Waals surface area contributed by atoms with Crippen molar-refractivity contribution in [1.82, 2.24) is 15.5 Å². The van der Waals surface area contributed by atoms with Gasteiger partial charge in [0.2, 0.25) is 5.91 Å². The molecular weight excluding hydrogens is 312 g/mol. The number of rotatable bonds is 4. The second-order valence-corrected chi connectivity index (χ2v) is 8.49.